The Labute approximate surface area is 220 Å². The van der Waals surface area contributed by atoms with Crippen LogP contribution < -0.4 is 16.6 Å². The summed E-state index contributed by atoms with van der Waals surface area (Å²) < 4.78 is 6.07. The molecule has 0 bridgehead atoms. The van der Waals surface area contributed by atoms with E-state index in [0.717, 1.165) is 56.3 Å². The molecule has 6 N–H and O–H groups in total. The Kier molecular flexibility index (Phi) is 10.0. The van der Waals surface area contributed by atoms with Crippen molar-refractivity contribution >= 4 is 46.2 Å². The number of rotatable bonds is 6. The van der Waals surface area contributed by atoms with Crippen LogP contribution in [0.2, 0.25) is 0 Å². The minimum Gasteiger partial charge on any atom is -0.452 e. The Morgan fingerprint density at radius 3 is 2.56 bits per heavy atom. The highest BCUT2D eigenvalue weighted by Crippen LogP contribution is 2.40. The van der Waals surface area contributed by atoms with Crippen molar-refractivity contribution in [3.8, 4) is 11.3 Å². The van der Waals surface area contributed by atoms with E-state index in [-0.39, 0.29) is 0 Å². The van der Waals surface area contributed by atoms with Crippen LogP contribution in [0.4, 0.5) is 11.5 Å². The number of hydrogen-bond acceptors (Lipinski definition) is 7. The van der Waals surface area contributed by atoms with E-state index in [2.05, 4.69) is 23.8 Å². The lowest BCUT2D eigenvalue weighted by Gasteiger charge is -2.26. The third-order valence-electron chi connectivity index (χ3n) is 7.22. The zero-order valence-electron chi connectivity index (χ0n) is 22.3. The standard InChI is InChI=1S/C19H21N5OS.C10H20/c1-4-11(8-23-3)14-9-24-19(21)17-12(14)7-16(25-17)13-5-10(2)6-15(20)18(13)26-22;1-3-9(2)10-7-5-4-6-8-10/h4-9H,20,22H2,1-3H3,(H2,21,24);9-10H,3-8H2,1-2H3/b11-4+,23-8?;. The number of allylic oxidation sites excluding steroid dienone is 2. The van der Waals surface area contributed by atoms with Gasteiger partial charge in [0.1, 0.15) is 5.76 Å². The number of fused-ring (bicyclic) bond motifs is 1. The molecule has 0 saturated heterocycles. The molecule has 1 aliphatic carbocycles. The molecule has 2 aromatic heterocycles. The number of nitrogens with zero attached hydrogens (tertiary/aromatic N) is 2. The Morgan fingerprint density at radius 1 is 1.22 bits per heavy atom. The fourth-order valence-electron chi connectivity index (χ4n) is 5.00. The van der Waals surface area contributed by atoms with E-state index in [1.165, 1.54) is 38.5 Å². The van der Waals surface area contributed by atoms with Crippen molar-refractivity contribution in [2.45, 2.75) is 71.1 Å². The first-order chi connectivity index (χ1) is 17.3. The van der Waals surface area contributed by atoms with Crippen molar-refractivity contribution in [3.05, 3.63) is 41.6 Å². The average Bonchev–Trinajstić information content (AvgIpc) is 3.34. The van der Waals surface area contributed by atoms with E-state index in [0.29, 0.717) is 22.8 Å². The molecular formula is C29H41N5OS. The van der Waals surface area contributed by atoms with Gasteiger partial charge in [-0.2, -0.15) is 0 Å². The van der Waals surface area contributed by atoms with Gasteiger partial charge in [0, 0.05) is 41.7 Å². The van der Waals surface area contributed by atoms with Crippen LogP contribution in [0.5, 0.6) is 0 Å². The van der Waals surface area contributed by atoms with Gasteiger partial charge in [-0.3, -0.25) is 10.1 Å². The highest BCUT2D eigenvalue weighted by Gasteiger charge is 2.19. The summed E-state index contributed by atoms with van der Waals surface area (Å²) in [6.45, 7) is 8.66. The summed E-state index contributed by atoms with van der Waals surface area (Å²) in [4.78, 5) is 9.15. The van der Waals surface area contributed by atoms with Gasteiger partial charge in [0.15, 0.2) is 11.4 Å². The number of benzene rings is 1. The number of aromatic nitrogens is 1. The van der Waals surface area contributed by atoms with Crippen molar-refractivity contribution in [3.63, 3.8) is 0 Å². The Morgan fingerprint density at radius 2 is 1.94 bits per heavy atom. The van der Waals surface area contributed by atoms with Crippen LogP contribution in [0.3, 0.4) is 0 Å². The molecule has 2 heterocycles. The van der Waals surface area contributed by atoms with Crippen molar-refractivity contribution in [1.82, 2.24) is 4.98 Å². The molecule has 0 aliphatic heterocycles. The van der Waals surface area contributed by atoms with Gasteiger partial charge >= 0.3 is 0 Å². The van der Waals surface area contributed by atoms with Gasteiger partial charge in [-0.05, 0) is 67.0 Å². The van der Waals surface area contributed by atoms with Crippen molar-refractivity contribution in [2.75, 3.05) is 18.5 Å². The maximum absolute atomic E-state index is 6.13. The number of nitrogen functional groups attached to an aromatic ring is 2. The van der Waals surface area contributed by atoms with Crippen LogP contribution >= 0.6 is 11.9 Å². The van der Waals surface area contributed by atoms with Crippen molar-refractivity contribution < 1.29 is 4.42 Å². The second-order valence-electron chi connectivity index (χ2n) is 9.67. The maximum atomic E-state index is 6.13. The number of hydrogen-bond donors (Lipinski definition) is 3. The summed E-state index contributed by atoms with van der Waals surface area (Å²) in [7, 11) is 1.73. The van der Waals surface area contributed by atoms with Gasteiger partial charge in [0.2, 0.25) is 0 Å². The Bertz CT molecular complexity index is 1220. The number of anilines is 2. The molecule has 0 amide bonds. The second kappa shape index (κ2) is 13.0. The van der Waals surface area contributed by atoms with Crippen molar-refractivity contribution in [1.29, 1.82) is 0 Å². The van der Waals surface area contributed by atoms with Crippen LogP contribution in [0.1, 0.15) is 70.4 Å². The first kappa shape index (κ1) is 27.8. The lowest BCUT2D eigenvalue weighted by molar-refractivity contribution is 0.258. The molecule has 7 heteroatoms. The molecule has 3 aromatic rings. The molecule has 0 radical (unpaired) electrons. The third-order valence-corrected chi connectivity index (χ3v) is 7.91. The maximum Gasteiger partial charge on any atom is 0.177 e. The van der Waals surface area contributed by atoms with E-state index >= 15 is 0 Å². The zero-order valence-corrected chi connectivity index (χ0v) is 23.1. The van der Waals surface area contributed by atoms with Gasteiger partial charge in [-0.1, -0.05) is 58.4 Å². The van der Waals surface area contributed by atoms with Gasteiger partial charge in [-0.25, -0.2) is 4.98 Å². The van der Waals surface area contributed by atoms with Gasteiger partial charge in [0.25, 0.3) is 0 Å². The fourth-order valence-corrected chi connectivity index (χ4v) is 5.48. The molecule has 1 saturated carbocycles. The van der Waals surface area contributed by atoms with E-state index < -0.39 is 0 Å². The summed E-state index contributed by atoms with van der Waals surface area (Å²) in [5.41, 5.74) is 17.0. The number of nitrogens with two attached hydrogens (primary N) is 3. The van der Waals surface area contributed by atoms with Gasteiger partial charge in [-0.15, -0.1) is 0 Å². The number of pyridine rings is 1. The summed E-state index contributed by atoms with van der Waals surface area (Å²) in [5.74, 6) is 3.04. The fraction of sp³-hybridized carbons (Fsp3) is 0.448. The Hall–Kier alpha value is -2.77. The molecule has 1 unspecified atom stereocenters. The molecule has 0 spiro atoms. The lowest BCUT2D eigenvalue weighted by atomic mass is 9.80. The summed E-state index contributed by atoms with van der Waals surface area (Å²) in [5, 5.41) is 6.70. The highest BCUT2D eigenvalue weighted by molar-refractivity contribution is 7.97. The molecular weight excluding hydrogens is 466 g/mol. The highest BCUT2D eigenvalue weighted by atomic mass is 32.2. The smallest absolute Gasteiger partial charge is 0.177 e. The van der Waals surface area contributed by atoms with E-state index in [4.69, 9.17) is 21.0 Å². The minimum atomic E-state index is 0.335. The molecule has 6 nitrogen and oxygen atoms in total. The summed E-state index contributed by atoms with van der Waals surface area (Å²) >= 11 is 1.10. The van der Waals surface area contributed by atoms with Gasteiger partial charge in [0.05, 0.1) is 4.90 Å². The number of aryl methyl sites for hydroxylation is 1. The van der Waals surface area contributed by atoms with Crippen molar-refractivity contribution in [2.24, 2.45) is 22.0 Å². The van der Waals surface area contributed by atoms with Gasteiger partial charge < -0.3 is 15.9 Å². The molecule has 1 aliphatic rings. The second-order valence-corrected chi connectivity index (χ2v) is 10.3. The predicted molar refractivity (Wildman–Crippen MR) is 157 cm³/mol. The van der Waals surface area contributed by atoms with E-state index in [1.54, 1.807) is 19.5 Å². The van der Waals surface area contributed by atoms with E-state index in [1.807, 2.05) is 38.1 Å². The molecule has 194 valence electrons. The molecule has 36 heavy (non-hydrogen) atoms. The number of furan rings is 1. The average molecular weight is 508 g/mol. The monoisotopic (exact) mass is 507 g/mol. The molecule has 1 atom stereocenters. The SMILES string of the molecule is C/C=C(\C=NC)c1cnc(N)c2oc(-c3cc(C)cc(N)c3SN)cc12.CCC(C)C1CCCCC1. The minimum absolute atomic E-state index is 0.335. The number of aliphatic imine (C=N–C) groups is 1. The normalized spacial score (nSPS) is 15.8. The van der Waals surface area contributed by atoms with Crippen LogP contribution in [-0.2, 0) is 0 Å². The molecule has 1 fully saturated rings. The molecule has 1 aromatic carbocycles. The van der Waals surface area contributed by atoms with Crippen LogP contribution in [-0.4, -0.2) is 18.2 Å². The first-order valence-electron chi connectivity index (χ1n) is 12.9. The summed E-state index contributed by atoms with van der Waals surface area (Å²) in [6.07, 6.45) is 14.4. The largest absolute Gasteiger partial charge is 0.452 e. The van der Waals surface area contributed by atoms with Crippen LogP contribution in [0.15, 0.2) is 44.8 Å². The first-order valence-corrected chi connectivity index (χ1v) is 13.8. The molecule has 4 rings (SSSR count). The zero-order chi connectivity index (χ0) is 26.2. The predicted octanol–water partition coefficient (Wildman–Crippen LogP) is 7.65. The topological polar surface area (TPSA) is 116 Å². The third kappa shape index (κ3) is 6.31. The Balaban J connectivity index is 0.000000303. The van der Waals surface area contributed by atoms with Crippen LogP contribution in [0.25, 0.3) is 27.9 Å². The summed E-state index contributed by atoms with van der Waals surface area (Å²) in [6, 6.07) is 5.83. The quantitative estimate of drug-likeness (QED) is 0.179. The van der Waals surface area contributed by atoms with E-state index in [9.17, 15) is 0 Å². The van der Waals surface area contributed by atoms with Crippen LogP contribution in [0, 0.1) is 18.8 Å². The lowest BCUT2D eigenvalue weighted by Crippen LogP contribution is -2.14.